The van der Waals surface area contributed by atoms with Gasteiger partial charge in [-0.2, -0.15) is 27.1 Å². The highest BCUT2D eigenvalue weighted by Gasteiger charge is 2.62. The van der Waals surface area contributed by atoms with E-state index in [0.717, 1.165) is 24.9 Å². The molecule has 1 heterocycles. The minimum absolute atomic E-state index is 0.0703. The Kier molecular flexibility index (Phi) is 8.06. The van der Waals surface area contributed by atoms with Gasteiger partial charge in [0, 0.05) is 25.2 Å². The van der Waals surface area contributed by atoms with E-state index in [1.165, 1.54) is 18.3 Å². The summed E-state index contributed by atoms with van der Waals surface area (Å²) in [5, 5.41) is 17.6. The summed E-state index contributed by atoms with van der Waals surface area (Å²) in [6.07, 6.45) is -6.36. The van der Waals surface area contributed by atoms with E-state index < -0.39 is 54.2 Å². The molecule has 1 aromatic carbocycles. The van der Waals surface area contributed by atoms with Crippen LogP contribution in [0.4, 0.5) is 30.7 Å². The molecular weight excluding hydrogens is 523 g/mol. The van der Waals surface area contributed by atoms with Crippen LogP contribution in [-0.2, 0) is 4.74 Å². The second kappa shape index (κ2) is 10.5. The van der Waals surface area contributed by atoms with Gasteiger partial charge in [0.25, 0.3) is 12.3 Å². The van der Waals surface area contributed by atoms with Crippen LogP contribution in [-0.4, -0.2) is 67.6 Å². The molecule has 1 fully saturated rings. The number of nitrogens with zero attached hydrogens (tertiary/aromatic N) is 2. The molecule has 3 N–H and O–H groups in total. The molecule has 1 aromatic rings. The molecule has 1 saturated carbocycles. The minimum atomic E-state index is -6.17. The fourth-order valence-corrected chi connectivity index (χ4v) is 3.47. The Morgan fingerprint density at radius 2 is 1.94 bits per heavy atom. The molecule has 0 radical (unpaired) electrons. The molecule has 0 spiro atoms. The average Bonchev–Trinajstić information content (AvgIpc) is 3.48. The molecule has 2 aliphatic rings. The van der Waals surface area contributed by atoms with E-state index in [4.69, 9.17) is 17.0 Å². The van der Waals surface area contributed by atoms with Crippen molar-refractivity contribution < 1.29 is 40.3 Å². The molecule has 1 aliphatic heterocycles. The van der Waals surface area contributed by atoms with Gasteiger partial charge in [-0.1, -0.05) is 17.7 Å². The number of benzene rings is 1. The molecule has 1 amide bonds. The lowest BCUT2D eigenvalue weighted by Crippen LogP contribution is -2.46. The number of hydrogen-bond donors (Lipinski definition) is 3. The Hall–Kier alpha value is -3.03. The van der Waals surface area contributed by atoms with E-state index in [-0.39, 0.29) is 23.2 Å². The molecule has 3 rings (SSSR count). The van der Waals surface area contributed by atoms with Crippen molar-refractivity contribution >= 4 is 29.4 Å². The Labute approximate surface area is 205 Å². The van der Waals surface area contributed by atoms with E-state index in [2.05, 4.69) is 20.5 Å². The molecule has 7 nitrogen and oxygen atoms in total. The van der Waals surface area contributed by atoms with Crippen molar-refractivity contribution in [2.45, 2.75) is 43.3 Å². The van der Waals surface area contributed by atoms with E-state index in [1.54, 1.807) is 6.07 Å². The second-order valence-corrected chi connectivity index (χ2v) is 8.42. The summed E-state index contributed by atoms with van der Waals surface area (Å²) in [4.78, 5) is 12.4. The first kappa shape index (κ1) is 27.6. The molecule has 15 heteroatoms. The topological polar surface area (TPSA) is 89.8 Å². The number of rotatable bonds is 10. The number of allylic oxidation sites excluding steroid dienone is 1. The molecular formula is C21H21ClF7N5O2. The second-order valence-electron chi connectivity index (χ2n) is 8.02. The molecule has 1 atom stereocenters. The number of ether oxygens (including phenoxy) is 1. The van der Waals surface area contributed by atoms with Crippen LogP contribution < -0.4 is 10.6 Å². The fourth-order valence-electron chi connectivity index (χ4n) is 3.27. The van der Waals surface area contributed by atoms with Crippen molar-refractivity contribution in [1.82, 2.24) is 15.6 Å². The van der Waals surface area contributed by atoms with Gasteiger partial charge in [-0.3, -0.25) is 10.2 Å². The third kappa shape index (κ3) is 6.02. The van der Waals surface area contributed by atoms with Crippen LogP contribution in [0.5, 0.6) is 0 Å². The maximum absolute atomic E-state index is 13.9. The highest BCUT2D eigenvalue weighted by molar-refractivity contribution is 6.33. The third-order valence-electron chi connectivity index (χ3n) is 5.29. The summed E-state index contributed by atoms with van der Waals surface area (Å²) >= 11 is 6.13. The number of carbonyl (C=O) groups excluding carboxylic acids is 1. The molecule has 36 heavy (non-hydrogen) atoms. The first-order valence-electron chi connectivity index (χ1n) is 10.5. The van der Waals surface area contributed by atoms with Gasteiger partial charge < -0.3 is 15.4 Å². The van der Waals surface area contributed by atoms with Crippen LogP contribution in [0.3, 0.4) is 0 Å². The third-order valence-corrected chi connectivity index (χ3v) is 5.62. The van der Waals surface area contributed by atoms with Crippen LogP contribution in [0.15, 0.2) is 34.9 Å². The summed E-state index contributed by atoms with van der Waals surface area (Å²) in [5.74, 6) is -8.75. The normalized spacial score (nSPS) is 18.8. The van der Waals surface area contributed by atoms with Gasteiger partial charge in [-0.25, -0.2) is 13.8 Å². The minimum Gasteiger partial charge on any atom is -0.482 e. The largest absolute Gasteiger partial charge is 0.482 e. The zero-order valence-corrected chi connectivity index (χ0v) is 19.4. The van der Waals surface area contributed by atoms with E-state index in [9.17, 15) is 35.5 Å². The maximum Gasteiger partial charge on any atom is 0.459 e. The van der Waals surface area contributed by atoms with Crippen LogP contribution >= 0.6 is 11.6 Å². The van der Waals surface area contributed by atoms with Crippen molar-refractivity contribution in [3.8, 4) is 0 Å². The number of nitrogens with one attached hydrogen (secondary N) is 3. The SMILES string of the molecule is CN/C(=C(/OCC(F)F)C(=N)C(F)(F)C(F)(F)F)N1CC(c2ccc(Cl)c(C(=O)NC3CC3)c2)C=N1. The summed E-state index contributed by atoms with van der Waals surface area (Å²) in [6.45, 7) is -1.69. The predicted octanol–water partition coefficient (Wildman–Crippen LogP) is 4.50. The summed E-state index contributed by atoms with van der Waals surface area (Å²) in [7, 11) is 1.12. The Balaban J connectivity index is 1.89. The molecule has 0 bridgehead atoms. The lowest BCUT2D eigenvalue weighted by molar-refractivity contribution is -0.250. The van der Waals surface area contributed by atoms with Crippen molar-refractivity contribution in [2.75, 3.05) is 20.2 Å². The standard InChI is InChI=1S/C21H21ClF7N5O2/c1-31-18(16(36-9-15(23)24)17(30)20(25,26)21(27,28)29)34-8-11(7-32-34)10-2-5-14(22)13(6-10)19(35)33-12-3-4-12/h2,5-7,11-12,15,30-31H,3-4,8-9H2,1H3,(H,33,35)/b18-16-,30-17?. The maximum atomic E-state index is 13.9. The zero-order valence-electron chi connectivity index (χ0n) is 18.6. The van der Waals surface area contributed by atoms with E-state index >= 15 is 0 Å². The van der Waals surface area contributed by atoms with Gasteiger partial charge in [0.1, 0.15) is 6.61 Å². The number of halogens is 8. The van der Waals surface area contributed by atoms with Crippen LogP contribution in [0, 0.1) is 5.41 Å². The highest BCUT2D eigenvalue weighted by atomic mass is 35.5. The van der Waals surface area contributed by atoms with Gasteiger partial charge in [0.2, 0.25) is 0 Å². The summed E-state index contributed by atoms with van der Waals surface area (Å²) in [6, 6.07) is 4.62. The summed E-state index contributed by atoms with van der Waals surface area (Å²) < 4.78 is 96.3. The molecule has 198 valence electrons. The Morgan fingerprint density at radius 3 is 2.50 bits per heavy atom. The van der Waals surface area contributed by atoms with Gasteiger partial charge >= 0.3 is 12.1 Å². The fraction of sp³-hybridized carbons (Fsp3) is 0.476. The van der Waals surface area contributed by atoms with E-state index in [1.807, 2.05) is 0 Å². The molecule has 0 aromatic heterocycles. The van der Waals surface area contributed by atoms with Crippen LogP contribution in [0.2, 0.25) is 5.02 Å². The van der Waals surface area contributed by atoms with Gasteiger partial charge in [0.15, 0.2) is 17.3 Å². The summed E-state index contributed by atoms with van der Waals surface area (Å²) in [5.41, 5.74) is -1.65. The first-order valence-corrected chi connectivity index (χ1v) is 10.9. The number of hydrazone groups is 1. The van der Waals surface area contributed by atoms with Crippen molar-refractivity contribution in [2.24, 2.45) is 5.10 Å². The average molecular weight is 544 g/mol. The monoisotopic (exact) mass is 543 g/mol. The Morgan fingerprint density at radius 1 is 1.28 bits per heavy atom. The zero-order chi connectivity index (χ0) is 26.8. The first-order chi connectivity index (χ1) is 16.8. The molecule has 1 aliphatic carbocycles. The molecule has 1 unspecified atom stereocenters. The van der Waals surface area contributed by atoms with Crippen molar-refractivity contribution in [3.63, 3.8) is 0 Å². The lowest BCUT2D eigenvalue weighted by atomic mass is 9.98. The number of hydrogen-bond acceptors (Lipinski definition) is 6. The van der Waals surface area contributed by atoms with Gasteiger partial charge in [-0.05, 0) is 30.5 Å². The van der Waals surface area contributed by atoms with Gasteiger partial charge in [0.05, 0.1) is 17.1 Å². The van der Waals surface area contributed by atoms with E-state index in [0.29, 0.717) is 5.56 Å². The number of alkyl halides is 7. The highest BCUT2D eigenvalue weighted by Crippen LogP contribution is 2.39. The lowest BCUT2D eigenvalue weighted by Gasteiger charge is -2.27. The number of carbonyl (C=O) groups is 1. The Bertz CT molecular complexity index is 1070. The number of amides is 1. The quantitative estimate of drug-likeness (QED) is 0.230. The van der Waals surface area contributed by atoms with Crippen molar-refractivity contribution in [3.05, 3.63) is 45.9 Å². The smallest absolute Gasteiger partial charge is 0.459 e. The molecule has 0 saturated heterocycles. The predicted molar refractivity (Wildman–Crippen MR) is 117 cm³/mol. The van der Waals surface area contributed by atoms with Gasteiger partial charge in [-0.15, -0.1) is 0 Å². The van der Waals surface area contributed by atoms with Crippen molar-refractivity contribution in [1.29, 1.82) is 5.41 Å². The van der Waals surface area contributed by atoms with Crippen LogP contribution in [0.1, 0.15) is 34.7 Å². The van der Waals surface area contributed by atoms with Crippen LogP contribution in [0.25, 0.3) is 0 Å².